The predicted molar refractivity (Wildman–Crippen MR) is 47.0 cm³/mol. The van der Waals surface area contributed by atoms with Gasteiger partial charge < -0.3 is 13.3 Å². The quantitative estimate of drug-likeness (QED) is 0.396. The molecule has 0 aliphatic rings. The second-order valence-electron chi connectivity index (χ2n) is 2.81. The van der Waals surface area contributed by atoms with Gasteiger partial charge in [-0.3, -0.25) is 0 Å². The number of benzene rings is 1. The third-order valence-electron chi connectivity index (χ3n) is 1.88. The van der Waals surface area contributed by atoms with E-state index in [1.807, 2.05) is 0 Å². The van der Waals surface area contributed by atoms with Crippen LogP contribution in [-0.4, -0.2) is 12.8 Å². The molecule has 69 valence electrons. The van der Waals surface area contributed by atoms with Crippen LogP contribution in [0.5, 0.6) is 0 Å². The Hall–Kier alpha value is 0.121. The van der Waals surface area contributed by atoms with E-state index in [4.69, 9.17) is 7.85 Å². The van der Waals surface area contributed by atoms with Gasteiger partial charge in [0, 0.05) is 10.8 Å². The Balaban J connectivity index is 0.00000112. The van der Waals surface area contributed by atoms with E-state index in [-0.39, 0.29) is 67.6 Å². The number of fused-ring (bicyclic) bond motifs is 1. The molecule has 2 aromatic rings. The van der Waals surface area contributed by atoms with Crippen molar-refractivity contribution in [2.45, 2.75) is 0 Å². The average molecular weight is 232 g/mol. The van der Waals surface area contributed by atoms with Crippen molar-refractivity contribution < 1.29 is 64.6 Å². The topological polar surface area (TPSA) is 12.9 Å². The van der Waals surface area contributed by atoms with E-state index >= 15 is 0 Å². The molecule has 0 fully saturated rings. The van der Waals surface area contributed by atoms with Crippen molar-refractivity contribution in [3.8, 4) is 0 Å². The molecule has 0 amide bonds. The average Bonchev–Trinajstić information content (AvgIpc) is 2.14. The summed E-state index contributed by atoms with van der Waals surface area (Å²) < 4.78 is 38.8. The molecule has 0 bridgehead atoms. The van der Waals surface area contributed by atoms with Crippen LogP contribution in [-0.2, 0) is 0 Å². The minimum atomic E-state index is -1.46. The van der Waals surface area contributed by atoms with Gasteiger partial charge in [0.25, 0.3) is 5.95 Å². The van der Waals surface area contributed by atoms with E-state index in [1.54, 1.807) is 0 Å². The zero-order valence-corrected chi connectivity index (χ0v) is 11.0. The summed E-state index contributed by atoms with van der Waals surface area (Å²) in [6.45, 7) is 0. The molecule has 6 heteroatoms. The third-order valence-corrected chi connectivity index (χ3v) is 1.88. The summed E-state index contributed by atoms with van der Waals surface area (Å²) >= 11 is 0. The van der Waals surface area contributed by atoms with Crippen LogP contribution in [0.25, 0.3) is 10.8 Å². The Morgan fingerprint density at radius 3 is 2.33 bits per heavy atom. The molecule has 1 aromatic heterocycles. The summed E-state index contributed by atoms with van der Waals surface area (Å²) in [4.78, 5) is 2.78. The van der Waals surface area contributed by atoms with Crippen LogP contribution in [0.15, 0.2) is 18.2 Å². The van der Waals surface area contributed by atoms with Gasteiger partial charge in [0.05, 0.1) is 0 Å². The van der Waals surface area contributed by atoms with Gasteiger partial charge in [-0.05, 0) is 0 Å². The fourth-order valence-corrected chi connectivity index (χ4v) is 1.23. The van der Waals surface area contributed by atoms with E-state index in [2.05, 4.69) is 4.98 Å². The SMILES string of the molecule is [B-]c1ccc2c(F)nc(F)c(F)c2c1.[K+]. The van der Waals surface area contributed by atoms with Crippen molar-refractivity contribution in [1.82, 2.24) is 4.98 Å². The van der Waals surface area contributed by atoms with E-state index in [1.165, 1.54) is 18.2 Å². The first-order chi connectivity index (χ1) is 6.59. The molecule has 0 atom stereocenters. The number of pyridine rings is 1. The van der Waals surface area contributed by atoms with E-state index in [9.17, 15) is 13.2 Å². The van der Waals surface area contributed by atoms with Crippen molar-refractivity contribution in [2.75, 3.05) is 0 Å². The normalized spacial score (nSPS) is 10.1. The van der Waals surface area contributed by atoms with Gasteiger partial charge in [-0.25, -0.2) is 4.39 Å². The molecule has 0 unspecified atom stereocenters. The van der Waals surface area contributed by atoms with E-state index in [0.29, 0.717) is 0 Å². The van der Waals surface area contributed by atoms with Gasteiger partial charge in [-0.2, -0.15) is 13.8 Å². The van der Waals surface area contributed by atoms with Crippen molar-refractivity contribution in [2.24, 2.45) is 0 Å². The van der Waals surface area contributed by atoms with Crippen LogP contribution in [0.2, 0.25) is 0 Å². The van der Waals surface area contributed by atoms with Crippen molar-refractivity contribution >= 4 is 24.1 Å². The summed E-state index contributed by atoms with van der Waals surface area (Å²) in [7, 11) is 5.36. The molecule has 0 spiro atoms. The van der Waals surface area contributed by atoms with Crippen molar-refractivity contribution in [1.29, 1.82) is 0 Å². The molecule has 0 saturated carbocycles. The number of hydrogen-bond donors (Lipinski definition) is 0. The number of hydrogen-bond acceptors (Lipinski definition) is 1. The van der Waals surface area contributed by atoms with Gasteiger partial charge in [0.1, 0.15) is 0 Å². The Morgan fingerprint density at radius 1 is 1.00 bits per heavy atom. The fraction of sp³-hybridized carbons (Fsp3) is 0. The van der Waals surface area contributed by atoms with Gasteiger partial charge >= 0.3 is 51.4 Å². The maximum atomic E-state index is 13.1. The summed E-state index contributed by atoms with van der Waals surface area (Å²) in [6.07, 6.45) is 0. The Bertz CT molecular complexity index is 518. The zero-order valence-electron chi connectivity index (χ0n) is 7.89. The number of nitrogens with zero attached hydrogens (tertiary/aromatic N) is 1. The second-order valence-corrected chi connectivity index (χ2v) is 2.81. The smallest absolute Gasteiger partial charge is 0.580 e. The third kappa shape index (κ3) is 2.45. The monoisotopic (exact) mass is 232 g/mol. The zero-order chi connectivity index (χ0) is 10.3. The molecule has 1 nitrogen and oxygen atoms in total. The van der Waals surface area contributed by atoms with Crippen LogP contribution in [0.3, 0.4) is 0 Å². The number of rotatable bonds is 0. The van der Waals surface area contributed by atoms with E-state index < -0.39 is 17.7 Å². The van der Waals surface area contributed by atoms with Gasteiger partial charge in [-0.15, -0.1) is 6.07 Å². The van der Waals surface area contributed by atoms with Gasteiger partial charge in [0.2, 0.25) is 5.95 Å². The van der Waals surface area contributed by atoms with Crippen LogP contribution in [0, 0.1) is 17.7 Å². The van der Waals surface area contributed by atoms with Gasteiger partial charge in [-0.1, -0.05) is 12.1 Å². The molecule has 1 heterocycles. The first-order valence-corrected chi connectivity index (χ1v) is 3.79. The molecule has 0 N–H and O–H groups in total. The maximum absolute atomic E-state index is 13.1. The Labute approximate surface area is 128 Å². The van der Waals surface area contributed by atoms with Crippen molar-refractivity contribution in [3.63, 3.8) is 0 Å². The van der Waals surface area contributed by atoms with Crippen LogP contribution in [0.1, 0.15) is 0 Å². The molecule has 0 saturated heterocycles. The first kappa shape index (κ1) is 13.2. The van der Waals surface area contributed by atoms with Crippen molar-refractivity contribution in [3.05, 3.63) is 35.9 Å². The summed E-state index contributed by atoms with van der Waals surface area (Å²) in [6, 6.07) is 3.82. The van der Waals surface area contributed by atoms with Crippen LogP contribution < -0.4 is 56.8 Å². The number of halogens is 3. The number of aromatic nitrogens is 1. The fourth-order valence-electron chi connectivity index (χ4n) is 1.23. The molecule has 15 heavy (non-hydrogen) atoms. The maximum Gasteiger partial charge on any atom is 1.00 e. The molecule has 2 rings (SSSR count). The van der Waals surface area contributed by atoms with Gasteiger partial charge in [0.15, 0.2) is 5.82 Å². The summed E-state index contributed by atoms with van der Waals surface area (Å²) in [5, 5.41) is -0.284. The molecule has 0 aliphatic carbocycles. The molecule has 0 aliphatic heterocycles. The molecular formula is C9H3BF3KN. The standard InChI is InChI=1S/C9H3BF3N.K/c10-4-1-2-5-6(3-4)7(11)9(13)14-8(5)12;/h1-3H;/q-1;+1. The predicted octanol–water partition coefficient (Wildman–Crippen LogP) is -1.55. The Morgan fingerprint density at radius 2 is 1.67 bits per heavy atom. The second kappa shape index (κ2) is 4.97. The minimum Gasteiger partial charge on any atom is -0.580 e. The minimum absolute atomic E-state index is 0. The first-order valence-electron chi connectivity index (χ1n) is 3.79. The van der Waals surface area contributed by atoms with E-state index in [0.717, 1.165) is 0 Å². The summed E-state index contributed by atoms with van der Waals surface area (Å²) in [5.74, 6) is -3.69. The van der Waals surface area contributed by atoms with Crippen LogP contribution >= 0.6 is 0 Å². The Kier molecular flexibility index (Phi) is 4.37. The van der Waals surface area contributed by atoms with Crippen LogP contribution in [0.4, 0.5) is 13.2 Å². The summed E-state index contributed by atoms with van der Waals surface area (Å²) in [5.41, 5.74) is 0.237. The molecule has 3 radical (unpaired) electrons. The molecular weight excluding hydrogens is 229 g/mol. The largest absolute Gasteiger partial charge is 1.00 e. The molecule has 1 aromatic carbocycles.